The van der Waals surface area contributed by atoms with Crippen LogP contribution < -0.4 is 16.0 Å². The molecule has 0 radical (unpaired) electrons. The highest BCUT2D eigenvalue weighted by molar-refractivity contribution is 14.0. The second kappa shape index (κ2) is 10.6. The maximum atomic E-state index is 12.8. The van der Waals surface area contributed by atoms with Gasteiger partial charge in [-0.15, -0.1) is 24.0 Å². The van der Waals surface area contributed by atoms with Gasteiger partial charge in [0.2, 0.25) is 0 Å². The lowest BCUT2D eigenvalue weighted by molar-refractivity contribution is -0.137. The topological polar surface area (TPSA) is 70.6 Å². The third-order valence-corrected chi connectivity index (χ3v) is 3.28. The molecule has 0 spiro atoms. The summed E-state index contributed by atoms with van der Waals surface area (Å²) in [6.45, 7) is 5.02. The number of rotatable bonds is 7. The van der Waals surface area contributed by atoms with Gasteiger partial charge in [0.1, 0.15) is 5.82 Å². The molecule has 0 amide bonds. The maximum absolute atomic E-state index is 12.8. The molecule has 144 valence electrons. The fourth-order valence-corrected chi connectivity index (χ4v) is 1.73. The Balaban J connectivity index is 0.00000576. The van der Waals surface area contributed by atoms with E-state index in [1.807, 2.05) is 13.8 Å². The van der Waals surface area contributed by atoms with Crippen molar-refractivity contribution in [1.29, 1.82) is 0 Å². The number of pyridine rings is 1. The summed E-state index contributed by atoms with van der Waals surface area (Å²) in [6, 6.07) is 2.26. The molecule has 0 saturated carbocycles. The van der Waals surface area contributed by atoms with Gasteiger partial charge in [-0.1, -0.05) is 0 Å². The Morgan fingerprint density at radius 2 is 1.92 bits per heavy atom. The van der Waals surface area contributed by atoms with Gasteiger partial charge in [0.15, 0.2) is 5.96 Å². The third-order valence-electron chi connectivity index (χ3n) is 3.28. The number of guanidine groups is 1. The van der Waals surface area contributed by atoms with Crippen LogP contribution in [0, 0.1) is 0 Å². The summed E-state index contributed by atoms with van der Waals surface area (Å²) in [6.07, 6.45) is -3.12. The summed E-state index contributed by atoms with van der Waals surface area (Å²) in [4.78, 5) is 7.78. The average Bonchev–Trinajstić information content (AvgIpc) is 2.53. The van der Waals surface area contributed by atoms with Gasteiger partial charge in [-0.05, 0) is 26.0 Å². The average molecular weight is 475 g/mol. The van der Waals surface area contributed by atoms with Crippen molar-refractivity contribution in [2.45, 2.75) is 25.6 Å². The van der Waals surface area contributed by atoms with Crippen molar-refractivity contribution in [1.82, 2.24) is 15.6 Å². The molecule has 1 heterocycles. The van der Waals surface area contributed by atoms with Crippen molar-refractivity contribution in [3.63, 3.8) is 0 Å². The summed E-state index contributed by atoms with van der Waals surface area (Å²) in [5.74, 6) is 0.356. The number of halogens is 4. The zero-order valence-electron chi connectivity index (χ0n) is 14.7. The monoisotopic (exact) mass is 475 g/mol. The standard InChI is InChI=1S/C15H24F3N5O.HI/c1-14(2,24-4)10-23-13(19-3)22-9-8-21-12-11(15(16,17)18)6-5-7-20-12;/h5-7H,8-10H2,1-4H3,(H,20,21)(H2,19,22,23);1H. The Kier molecular flexibility index (Phi) is 10.1. The first-order chi connectivity index (χ1) is 11.2. The van der Waals surface area contributed by atoms with Crippen LogP contribution in [0.1, 0.15) is 19.4 Å². The largest absolute Gasteiger partial charge is 0.419 e. The highest BCUT2D eigenvalue weighted by Gasteiger charge is 2.33. The number of alkyl halides is 3. The van der Waals surface area contributed by atoms with Crippen molar-refractivity contribution in [3.8, 4) is 0 Å². The van der Waals surface area contributed by atoms with E-state index in [0.717, 1.165) is 6.07 Å². The summed E-state index contributed by atoms with van der Waals surface area (Å²) in [7, 11) is 3.23. The Morgan fingerprint density at radius 1 is 1.24 bits per heavy atom. The Hall–Kier alpha value is -1.30. The highest BCUT2D eigenvalue weighted by Crippen LogP contribution is 2.33. The SMILES string of the molecule is CN=C(NCCNc1ncccc1C(F)(F)F)NCC(C)(C)OC.I. The number of nitrogens with zero attached hydrogens (tertiary/aromatic N) is 2. The molecule has 0 saturated heterocycles. The zero-order valence-corrected chi connectivity index (χ0v) is 17.0. The second-order valence-electron chi connectivity index (χ2n) is 5.64. The number of anilines is 1. The molecular formula is C15H25F3IN5O. The highest BCUT2D eigenvalue weighted by atomic mass is 127. The van der Waals surface area contributed by atoms with E-state index in [1.54, 1.807) is 14.2 Å². The smallest absolute Gasteiger partial charge is 0.377 e. The summed E-state index contributed by atoms with van der Waals surface area (Å²) in [5.41, 5.74) is -1.14. The van der Waals surface area contributed by atoms with Crippen molar-refractivity contribution < 1.29 is 17.9 Å². The minimum Gasteiger partial charge on any atom is -0.377 e. The summed E-state index contributed by atoms with van der Waals surface area (Å²) >= 11 is 0. The van der Waals surface area contributed by atoms with Gasteiger partial charge in [-0.2, -0.15) is 13.2 Å². The van der Waals surface area contributed by atoms with Gasteiger partial charge < -0.3 is 20.7 Å². The molecule has 0 aliphatic carbocycles. The minimum atomic E-state index is -4.44. The minimum absolute atomic E-state index is 0. The van der Waals surface area contributed by atoms with Crippen LogP contribution in [0.15, 0.2) is 23.3 Å². The van der Waals surface area contributed by atoms with Gasteiger partial charge in [-0.3, -0.25) is 4.99 Å². The van der Waals surface area contributed by atoms with E-state index in [4.69, 9.17) is 4.74 Å². The van der Waals surface area contributed by atoms with Crippen LogP contribution in [0.3, 0.4) is 0 Å². The molecule has 0 atom stereocenters. The van der Waals surface area contributed by atoms with Crippen molar-refractivity contribution >= 4 is 35.8 Å². The first kappa shape index (κ1) is 23.7. The molecule has 0 aliphatic rings. The van der Waals surface area contributed by atoms with Crippen LogP contribution in [0.25, 0.3) is 0 Å². The molecule has 1 rings (SSSR count). The predicted molar refractivity (Wildman–Crippen MR) is 104 cm³/mol. The van der Waals surface area contributed by atoms with E-state index in [-0.39, 0.29) is 41.9 Å². The molecular weight excluding hydrogens is 450 g/mol. The van der Waals surface area contributed by atoms with Crippen LogP contribution in [0.4, 0.5) is 19.0 Å². The van der Waals surface area contributed by atoms with Crippen LogP contribution >= 0.6 is 24.0 Å². The number of aromatic nitrogens is 1. The number of hydrogen-bond acceptors (Lipinski definition) is 4. The maximum Gasteiger partial charge on any atom is 0.419 e. The Bertz CT molecular complexity index is 552. The summed E-state index contributed by atoms with van der Waals surface area (Å²) in [5, 5.41) is 8.77. The first-order valence-corrected chi connectivity index (χ1v) is 7.45. The van der Waals surface area contributed by atoms with Gasteiger partial charge in [-0.25, -0.2) is 4.98 Å². The Labute approximate surface area is 163 Å². The fourth-order valence-electron chi connectivity index (χ4n) is 1.73. The molecule has 3 N–H and O–H groups in total. The number of ether oxygens (including phenoxy) is 1. The van der Waals surface area contributed by atoms with Crippen molar-refractivity contribution in [3.05, 3.63) is 23.9 Å². The van der Waals surface area contributed by atoms with Crippen molar-refractivity contribution in [2.75, 3.05) is 39.1 Å². The molecule has 0 aromatic carbocycles. The molecule has 0 aliphatic heterocycles. The zero-order chi connectivity index (χ0) is 18.2. The molecule has 0 fully saturated rings. The predicted octanol–water partition coefficient (Wildman–Crippen LogP) is 2.72. The van der Waals surface area contributed by atoms with Crippen LogP contribution in [0.2, 0.25) is 0 Å². The molecule has 6 nitrogen and oxygen atoms in total. The van der Waals surface area contributed by atoms with E-state index >= 15 is 0 Å². The number of aliphatic imine (C=N–C) groups is 1. The van der Waals surface area contributed by atoms with Crippen LogP contribution in [-0.4, -0.2) is 50.3 Å². The van der Waals surface area contributed by atoms with E-state index in [9.17, 15) is 13.2 Å². The molecule has 0 unspecified atom stereocenters. The van der Waals surface area contributed by atoms with Crippen LogP contribution in [0.5, 0.6) is 0 Å². The van der Waals surface area contributed by atoms with E-state index < -0.39 is 11.7 Å². The van der Waals surface area contributed by atoms with Crippen LogP contribution in [-0.2, 0) is 10.9 Å². The molecule has 25 heavy (non-hydrogen) atoms. The normalized spacial score (nSPS) is 12.4. The van der Waals surface area contributed by atoms with Gasteiger partial charge in [0.25, 0.3) is 0 Å². The van der Waals surface area contributed by atoms with Gasteiger partial charge >= 0.3 is 6.18 Å². The first-order valence-electron chi connectivity index (χ1n) is 7.45. The lowest BCUT2D eigenvalue weighted by atomic mass is 10.1. The number of hydrogen-bond donors (Lipinski definition) is 3. The fraction of sp³-hybridized carbons (Fsp3) is 0.600. The second-order valence-corrected chi connectivity index (χ2v) is 5.64. The van der Waals surface area contributed by atoms with Gasteiger partial charge in [0, 0.05) is 40.0 Å². The van der Waals surface area contributed by atoms with E-state index in [0.29, 0.717) is 19.0 Å². The Morgan fingerprint density at radius 3 is 2.48 bits per heavy atom. The van der Waals surface area contributed by atoms with E-state index in [1.165, 1.54) is 12.3 Å². The lowest BCUT2D eigenvalue weighted by Crippen LogP contribution is -2.46. The molecule has 0 bridgehead atoms. The number of methoxy groups -OCH3 is 1. The molecule has 10 heteroatoms. The lowest BCUT2D eigenvalue weighted by Gasteiger charge is -2.24. The molecule has 1 aromatic heterocycles. The van der Waals surface area contributed by atoms with Crippen molar-refractivity contribution in [2.24, 2.45) is 4.99 Å². The van der Waals surface area contributed by atoms with Gasteiger partial charge in [0.05, 0.1) is 11.2 Å². The third kappa shape index (κ3) is 8.56. The number of nitrogens with one attached hydrogen (secondary N) is 3. The summed E-state index contributed by atoms with van der Waals surface area (Å²) < 4.78 is 43.8. The van der Waals surface area contributed by atoms with E-state index in [2.05, 4.69) is 25.9 Å². The molecule has 1 aromatic rings. The quantitative estimate of drug-likeness (QED) is 0.245.